The quantitative estimate of drug-likeness (QED) is 0.852. The lowest BCUT2D eigenvalue weighted by Crippen LogP contribution is -2.31. The number of rotatable bonds is 3. The number of pyridine rings is 1. The van der Waals surface area contributed by atoms with Gasteiger partial charge in [0.1, 0.15) is 4.60 Å². The van der Waals surface area contributed by atoms with E-state index in [0.29, 0.717) is 6.04 Å². The first-order valence-electron chi connectivity index (χ1n) is 5.25. The summed E-state index contributed by atoms with van der Waals surface area (Å²) in [6.45, 7) is 2.27. The minimum Gasteiger partial charge on any atom is -0.395 e. The standard InChI is InChI=1S/C11H15BrN2O/c12-11-6-9(3-4-13-11)7-14-5-1-2-10(14)8-15/h3-4,6,10,15H,1-2,5,7-8H2/t10-/m0/s1. The number of aromatic nitrogens is 1. The Morgan fingerprint density at radius 1 is 1.60 bits per heavy atom. The number of hydrogen-bond donors (Lipinski definition) is 1. The van der Waals surface area contributed by atoms with Gasteiger partial charge in [-0.2, -0.15) is 0 Å². The largest absolute Gasteiger partial charge is 0.395 e. The molecule has 0 unspecified atom stereocenters. The van der Waals surface area contributed by atoms with Gasteiger partial charge in [0, 0.05) is 18.8 Å². The Kier molecular flexibility index (Phi) is 3.72. The molecule has 1 fully saturated rings. The molecule has 15 heavy (non-hydrogen) atoms. The molecule has 1 aromatic rings. The summed E-state index contributed by atoms with van der Waals surface area (Å²) >= 11 is 3.36. The predicted molar refractivity (Wildman–Crippen MR) is 62.5 cm³/mol. The van der Waals surface area contributed by atoms with Crippen molar-refractivity contribution in [3.8, 4) is 0 Å². The predicted octanol–water partition coefficient (Wildman–Crippen LogP) is 1.80. The van der Waals surface area contributed by atoms with E-state index in [1.54, 1.807) is 0 Å². The van der Waals surface area contributed by atoms with E-state index in [4.69, 9.17) is 0 Å². The highest BCUT2D eigenvalue weighted by Crippen LogP contribution is 2.20. The third-order valence-corrected chi connectivity index (χ3v) is 3.32. The summed E-state index contributed by atoms with van der Waals surface area (Å²) in [5.41, 5.74) is 1.25. The number of aliphatic hydroxyl groups excluding tert-OH is 1. The summed E-state index contributed by atoms with van der Waals surface area (Å²) in [6.07, 6.45) is 4.11. The summed E-state index contributed by atoms with van der Waals surface area (Å²) in [6, 6.07) is 4.40. The van der Waals surface area contributed by atoms with Gasteiger partial charge in [-0.15, -0.1) is 0 Å². The van der Waals surface area contributed by atoms with Crippen LogP contribution in [0.1, 0.15) is 18.4 Å². The number of likely N-dealkylation sites (tertiary alicyclic amines) is 1. The topological polar surface area (TPSA) is 36.4 Å². The second-order valence-corrected chi connectivity index (χ2v) is 4.75. The molecule has 1 atom stereocenters. The molecule has 0 spiro atoms. The van der Waals surface area contributed by atoms with E-state index in [2.05, 4.69) is 25.8 Å². The zero-order valence-electron chi connectivity index (χ0n) is 8.56. The number of hydrogen-bond acceptors (Lipinski definition) is 3. The van der Waals surface area contributed by atoms with Crippen LogP contribution in [0.2, 0.25) is 0 Å². The molecule has 0 aliphatic carbocycles. The molecule has 0 radical (unpaired) electrons. The van der Waals surface area contributed by atoms with Gasteiger partial charge in [0.25, 0.3) is 0 Å². The van der Waals surface area contributed by atoms with Crippen molar-refractivity contribution in [3.05, 3.63) is 28.5 Å². The molecule has 2 rings (SSSR count). The van der Waals surface area contributed by atoms with Crippen molar-refractivity contribution >= 4 is 15.9 Å². The smallest absolute Gasteiger partial charge is 0.106 e. The fourth-order valence-corrected chi connectivity index (χ4v) is 2.50. The van der Waals surface area contributed by atoms with Gasteiger partial charge in [-0.05, 0) is 53.0 Å². The molecule has 3 nitrogen and oxygen atoms in total. The molecule has 1 aromatic heterocycles. The van der Waals surface area contributed by atoms with Crippen LogP contribution in [0.3, 0.4) is 0 Å². The third kappa shape index (κ3) is 2.77. The number of nitrogens with zero attached hydrogens (tertiary/aromatic N) is 2. The molecule has 0 saturated carbocycles. The van der Waals surface area contributed by atoms with Crippen LogP contribution in [-0.2, 0) is 6.54 Å². The van der Waals surface area contributed by atoms with Gasteiger partial charge in [-0.1, -0.05) is 0 Å². The van der Waals surface area contributed by atoms with Crippen molar-refractivity contribution in [1.82, 2.24) is 9.88 Å². The SMILES string of the molecule is OC[C@@H]1CCCN1Cc1ccnc(Br)c1. The van der Waals surface area contributed by atoms with Gasteiger partial charge in [0.15, 0.2) is 0 Å². The summed E-state index contributed by atoms with van der Waals surface area (Å²) in [5.74, 6) is 0. The van der Waals surface area contributed by atoms with Crippen molar-refractivity contribution in [2.75, 3.05) is 13.2 Å². The van der Waals surface area contributed by atoms with Crippen LogP contribution < -0.4 is 0 Å². The Balaban J connectivity index is 2.02. The maximum atomic E-state index is 9.21. The van der Waals surface area contributed by atoms with Crippen LogP contribution in [-0.4, -0.2) is 34.2 Å². The molecular formula is C11H15BrN2O. The van der Waals surface area contributed by atoms with Crippen LogP contribution in [0.4, 0.5) is 0 Å². The van der Waals surface area contributed by atoms with Crippen LogP contribution in [0.15, 0.2) is 22.9 Å². The van der Waals surface area contributed by atoms with Crippen LogP contribution in [0.25, 0.3) is 0 Å². The molecule has 82 valence electrons. The van der Waals surface area contributed by atoms with Crippen LogP contribution >= 0.6 is 15.9 Å². The van der Waals surface area contributed by atoms with Crippen molar-refractivity contribution in [1.29, 1.82) is 0 Å². The molecule has 1 saturated heterocycles. The molecule has 2 heterocycles. The first-order valence-corrected chi connectivity index (χ1v) is 6.04. The summed E-state index contributed by atoms with van der Waals surface area (Å²) in [7, 11) is 0. The highest BCUT2D eigenvalue weighted by molar-refractivity contribution is 9.10. The summed E-state index contributed by atoms with van der Waals surface area (Å²) in [5, 5.41) is 9.21. The lowest BCUT2D eigenvalue weighted by atomic mass is 10.2. The van der Waals surface area contributed by atoms with Crippen molar-refractivity contribution in [3.63, 3.8) is 0 Å². The molecule has 1 aliphatic rings. The third-order valence-electron chi connectivity index (χ3n) is 2.89. The lowest BCUT2D eigenvalue weighted by molar-refractivity contribution is 0.153. The Bertz CT molecular complexity index is 332. The van der Waals surface area contributed by atoms with E-state index in [0.717, 1.165) is 24.1 Å². The van der Waals surface area contributed by atoms with E-state index in [9.17, 15) is 5.11 Å². The fourth-order valence-electron chi connectivity index (χ4n) is 2.09. The Morgan fingerprint density at radius 2 is 2.47 bits per heavy atom. The molecule has 0 bridgehead atoms. The monoisotopic (exact) mass is 270 g/mol. The highest BCUT2D eigenvalue weighted by Gasteiger charge is 2.23. The van der Waals surface area contributed by atoms with Gasteiger partial charge in [-0.25, -0.2) is 4.98 Å². The molecule has 0 aromatic carbocycles. The maximum Gasteiger partial charge on any atom is 0.106 e. The lowest BCUT2D eigenvalue weighted by Gasteiger charge is -2.22. The van der Waals surface area contributed by atoms with Gasteiger partial charge in [0.05, 0.1) is 6.61 Å². The molecular weight excluding hydrogens is 256 g/mol. The van der Waals surface area contributed by atoms with Crippen LogP contribution in [0, 0.1) is 0 Å². The average molecular weight is 271 g/mol. The molecule has 1 aliphatic heterocycles. The fraction of sp³-hybridized carbons (Fsp3) is 0.545. The second-order valence-electron chi connectivity index (χ2n) is 3.94. The maximum absolute atomic E-state index is 9.21. The van der Waals surface area contributed by atoms with E-state index in [-0.39, 0.29) is 6.61 Å². The van der Waals surface area contributed by atoms with Crippen LogP contribution in [0.5, 0.6) is 0 Å². The normalized spacial score (nSPS) is 22.1. The van der Waals surface area contributed by atoms with Gasteiger partial charge in [-0.3, -0.25) is 4.90 Å². The molecule has 1 N–H and O–H groups in total. The first kappa shape index (κ1) is 11.0. The van der Waals surface area contributed by atoms with E-state index in [1.165, 1.54) is 12.0 Å². The zero-order chi connectivity index (χ0) is 10.7. The van der Waals surface area contributed by atoms with Crippen molar-refractivity contribution in [2.45, 2.75) is 25.4 Å². The van der Waals surface area contributed by atoms with E-state index in [1.807, 2.05) is 18.3 Å². The first-order chi connectivity index (χ1) is 7.29. The van der Waals surface area contributed by atoms with E-state index < -0.39 is 0 Å². The Morgan fingerprint density at radius 3 is 3.20 bits per heavy atom. The van der Waals surface area contributed by atoms with E-state index >= 15 is 0 Å². The van der Waals surface area contributed by atoms with Gasteiger partial charge < -0.3 is 5.11 Å². The van der Waals surface area contributed by atoms with Gasteiger partial charge >= 0.3 is 0 Å². The second kappa shape index (κ2) is 5.05. The van der Waals surface area contributed by atoms with Crippen molar-refractivity contribution in [2.24, 2.45) is 0 Å². The minimum absolute atomic E-state index is 0.270. The Labute approximate surface area is 98.3 Å². The minimum atomic E-state index is 0.270. The average Bonchev–Trinajstić information content (AvgIpc) is 2.65. The van der Waals surface area contributed by atoms with Gasteiger partial charge in [0.2, 0.25) is 0 Å². The summed E-state index contributed by atoms with van der Waals surface area (Å²) in [4.78, 5) is 6.44. The summed E-state index contributed by atoms with van der Waals surface area (Å²) < 4.78 is 0.875. The zero-order valence-corrected chi connectivity index (χ0v) is 10.2. The number of aliphatic hydroxyl groups is 1. The number of halogens is 1. The molecule has 4 heteroatoms. The van der Waals surface area contributed by atoms with Crippen molar-refractivity contribution < 1.29 is 5.11 Å². The Hall–Kier alpha value is -0.450. The highest BCUT2D eigenvalue weighted by atomic mass is 79.9. The molecule has 0 amide bonds.